The highest BCUT2D eigenvalue weighted by atomic mass is 16.7. The molecular weight excluding hydrogens is 267 g/mol. The molecule has 5 heteroatoms. The van der Waals surface area contributed by atoms with Crippen molar-refractivity contribution in [1.29, 1.82) is 0 Å². The lowest BCUT2D eigenvalue weighted by atomic mass is 9.77. The van der Waals surface area contributed by atoms with Crippen molar-refractivity contribution in [2.24, 2.45) is 0 Å². The number of benzene rings is 2. The summed E-state index contributed by atoms with van der Waals surface area (Å²) in [5, 5.41) is 0. The van der Waals surface area contributed by atoms with Crippen LogP contribution in [0.4, 0.5) is 0 Å². The summed E-state index contributed by atoms with van der Waals surface area (Å²) >= 11 is 0. The highest BCUT2D eigenvalue weighted by molar-refractivity contribution is 6.62. The van der Waals surface area contributed by atoms with E-state index in [1.54, 1.807) is 21.3 Å². The molecule has 0 bridgehead atoms. The lowest BCUT2D eigenvalue weighted by molar-refractivity contribution is 0.0517. The zero-order valence-corrected chi connectivity index (χ0v) is 12.5. The van der Waals surface area contributed by atoms with Crippen LogP contribution in [0.25, 0.3) is 11.1 Å². The van der Waals surface area contributed by atoms with Gasteiger partial charge in [-0.1, -0.05) is 42.5 Å². The normalized spacial score (nSPS) is 10.4. The van der Waals surface area contributed by atoms with Crippen LogP contribution in [0.15, 0.2) is 48.5 Å². The molecule has 2 aromatic carbocycles. The molecule has 0 amide bonds. The molecule has 2 aromatic rings. The van der Waals surface area contributed by atoms with Crippen LogP contribution >= 0.6 is 0 Å². The van der Waals surface area contributed by atoms with Crippen molar-refractivity contribution in [3.8, 4) is 16.9 Å². The summed E-state index contributed by atoms with van der Waals surface area (Å²) < 4.78 is 21.3. The fourth-order valence-electron chi connectivity index (χ4n) is 2.14. The van der Waals surface area contributed by atoms with Gasteiger partial charge in [-0.2, -0.15) is 0 Å². The summed E-state index contributed by atoms with van der Waals surface area (Å²) in [6.45, 7) is 0.172. The standard InChI is InChI=1S/C16H19BO4/c1-18-12-21-16-11-14(13-7-5-4-6-8-13)9-10-15(16)17(19-2)20-3/h4-11H,12H2,1-3H3. The van der Waals surface area contributed by atoms with E-state index in [1.165, 1.54) is 0 Å². The van der Waals surface area contributed by atoms with Gasteiger partial charge < -0.3 is 18.8 Å². The number of ether oxygens (including phenoxy) is 2. The number of rotatable bonds is 7. The van der Waals surface area contributed by atoms with Crippen LogP contribution in [-0.4, -0.2) is 35.2 Å². The van der Waals surface area contributed by atoms with Gasteiger partial charge in [-0.15, -0.1) is 0 Å². The minimum absolute atomic E-state index is 0.172. The van der Waals surface area contributed by atoms with Gasteiger partial charge in [0.2, 0.25) is 0 Å². The first-order valence-electron chi connectivity index (χ1n) is 6.67. The number of hydrogen-bond acceptors (Lipinski definition) is 4. The molecule has 0 saturated carbocycles. The molecule has 110 valence electrons. The Morgan fingerprint density at radius 2 is 1.57 bits per heavy atom. The zero-order valence-electron chi connectivity index (χ0n) is 12.5. The van der Waals surface area contributed by atoms with Gasteiger partial charge in [0.05, 0.1) is 0 Å². The molecule has 0 radical (unpaired) electrons. The van der Waals surface area contributed by atoms with Crippen molar-refractivity contribution in [2.45, 2.75) is 0 Å². The molecule has 21 heavy (non-hydrogen) atoms. The van der Waals surface area contributed by atoms with Crippen molar-refractivity contribution < 1.29 is 18.8 Å². The van der Waals surface area contributed by atoms with Crippen LogP contribution in [0.2, 0.25) is 0 Å². The van der Waals surface area contributed by atoms with Crippen LogP contribution in [0.5, 0.6) is 5.75 Å². The Balaban J connectivity index is 2.39. The number of methoxy groups -OCH3 is 1. The molecule has 0 saturated heterocycles. The smallest absolute Gasteiger partial charge is 0.468 e. The van der Waals surface area contributed by atoms with E-state index >= 15 is 0 Å². The van der Waals surface area contributed by atoms with E-state index in [9.17, 15) is 0 Å². The molecule has 0 atom stereocenters. The third-order valence-electron chi connectivity index (χ3n) is 3.14. The second kappa shape index (κ2) is 7.83. The van der Waals surface area contributed by atoms with Gasteiger partial charge in [0.1, 0.15) is 5.75 Å². The first-order valence-corrected chi connectivity index (χ1v) is 6.67. The molecule has 0 fully saturated rings. The van der Waals surface area contributed by atoms with E-state index in [2.05, 4.69) is 12.1 Å². The summed E-state index contributed by atoms with van der Waals surface area (Å²) in [7, 11) is 4.31. The average Bonchev–Trinajstić information content (AvgIpc) is 2.55. The summed E-state index contributed by atoms with van der Waals surface area (Å²) in [6, 6.07) is 16.1. The van der Waals surface area contributed by atoms with E-state index in [0.717, 1.165) is 16.6 Å². The Hall–Kier alpha value is -1.82. The molecule has 0 aliphatic heterocycles. The van der Waals surface area contributed by atoms with E-state index in [1.807, 2.05) is 36.4 Å². The van der Waals surface area contributed by atoms with Crippen molar-refractivity contribution in [3.05, 3.63) is 48.5 Å². The maximum Gasteiger partial charge on any atom is 0.497 e. The molecule has 0 N–H and O–H groups in total. The Kier molecular flexibility index (Phi) is 5.81. The second-order valence-corrected chi connectivity index (χ2v) is 4.47. The van der Waals surface area contributed by atoms with Crippen LogP contribution in [-0.2, 0) is 14.0 Å². The highest BCUT2D eigenvalue weighted by Gasteiger charge is 2.23. The predicted octanol–water partition coefficient (Wildman–Crippen LogP) is 2.32. The van der Waals surface area contributed by atoms with Gasteiger partial charge in [0.15, 0.2) is 6.79 Å². The molecule has 0 spiro atoms. The van der Waals surface area contributed by atoms with E-state index < -0.39 is 7.12 Å². The second-order valence-electron chi connectivity index (χ2n) is 4.47. The Morgan fingerprint density at radius 1 is 0.857 bits per heavy atom. The van der Waals surface area contributed by atoms with E-state index in [-0.39, 0.29) is 6.79 Å². The Morgan fingerprint density at radius 3 is 2.19 bits per heavy atom. The topological polar surface area (TPSA) is 36.9 Å². The molecule has 0 aliphatic carbocycles. The predicted molar refractivity (Wildman–Crippen MR) is 83.8 cm³/mol. The molecule has 0 unspecified atom stereocenters. The lowest BCUT2D eigenvalue weighted by Crippen LogP contribution is -2.36. The third-order valence-corrected chi connectivity index (χ3v) is 3.14. The third kappa shape index (κ3) is 3.85. The van der Waals surface area contributed by atoms with Crippen molar-refractivity contribution in [1.82, 2.24) is 0 Å². The summed E-state index contributed by atoms with van der Waals surface area (Å²) in [5.41, 5.74) is 3.02. The van der Waals surface area contributed by atoms with E-state index in [0.29, 0.717) is 5.75 Å². The maximum absolute atomic E-state index is 5.65. The van der Waals surface area contributed by atoms with Crippen molar-refractivity contribution in [3.63, 3.8) is 0 Å². The van der Waals surface area contributed by atoms with Crippen LogP contribution in [0, 0.1) is 0 Å². The fourth-order valence-corrected chi connectivity index (χ4v) is 2.14. The van der Waals surface area contributed by atoms with Gasteiger partial charge in [-0.25, -0.2) is 0 Å². The first-order chi connectivity index (χ1) is 10.3. The van der Waals surface area contributed by atoms with Gasteiger partial charge in [-0.05, 0) is 17.2 Å². The van der Waals surface area contributed by atoms with Gasteiger partial charge in [0, 0.05) is 26.8 Å². The monoisotopic (exact) mass is 286 g/mol. The molecule has 2 rings (SSSR count). The largest absolute Gasteiger partial charge is 0.497 e. The SMILES string of the molecule is COCOc1cc(-c2ccccc2)ccc1B(OC)OC. The van der Waals surface area contributed by atoms with Gasteiger partial charge >= 0.3 is 7.12 Å². The zero-order chi connectivity index (χ0) is 15.1. The summed E-state index contributed by atoms with van der Waals surface area (Å²) in [5.74, 6) is 0.687. The van der Waals surface area contributed by atoms with Crippen LogP contribution in [0.1, 0.15) is 0 Å². The quantitative estimate of drug-likeness (QED) is 0.578. The van der Waals surface area contributed by atoms with E-state index in [4.69, 9.17) is 18.8 Å². The Bertz CT molecular complexity index is 555. The fraction of sp³-hybridized carbons (Fsp3) is 0.250. The maximum atomic E-state index is 5.65. The van der Waals surface area contributed by atoms with Gasteiger partial charge in [0.25, 0.3) is 0 Å². The molecule has 0 heterocycles. The minimum Gasteiger partial charge on any atom is -0.468 e. The first kappa shape index (κ1) is 15.6. The van der Waals surface area contributed by atoms with Crippen LogP contribution in [0.3, 0.4) is 0 Å². The molecule has 4 nitrogen and oxygen atoms in total. The van der Waals surface area contributed by atoms with Gasteiger partial charge in [-0.3, -0.25) is 0 Å². The highest BCUT2D eigenvalue weighted by Crippen LogP contribution is 2.23. The average molecular weight is 286 g/mol. The summed E-state index contributed by atoms with van der Waals surface area (Å²) in [6.07, 6.45) is 0. The van der Waals surface area contributed by atoms with Crippen molar-refractivity contribution >= 4 is 12.6 Å². The Labute approximate surface area is 125 Å². The lowest BCUT2D eigenvalue weighted by Gasteiger charge is -2.16. The minimum atomic E-state index is -0.471. The molecule has 0 aromatic heterocycles. The summed E-state index contributed by atoms with van der Waals surface area (Å²) in [4.78, 5) is 0. The van der Waals surface area contributed by atoms with Crippen molar-refractivity contribution in [2.75, 3.05) is 28.1 Å². The molecule has 0 aliphatic rings. The number of hydrogen-bond donors (Lipinski definition) is 0. The molecular formula is C16H19BO4. The van der Waals surface area contributed by atoms with Crippen LogP contribution < -0.4 is 10.2 Å².